The zero-order valence-electron chi connectivity index (χ0n) is 8.98. The van der Waals surface area contributed by atoms with E-state index in [9.17, 15) is 13.2 Å². The minimum Gasteiger partial charge on any atom is -0.329 e. The van der Waals surface area contributed by atoms with Crippen molar-refractivity contribution in [2.45, 2.75) is 44.3 Å². The first kappa shape index (κ1) is 14.5. The lowest BCUT2D eigenvalue weighted by molar-refractivity contribution is -0.119. The summed E-state index contributed by atoms with van der Waals surface area (Å²) in [5.41, 5.74) is 5.17. The molecule has 0 aromatic heterocycles. The summed E-state index contributed by atoms with van der Waals surface area (Å²) >= 11 is 0. The minimum atomic E-state index is -4.19. The van der Waals surface area contributed by atoms with E-state index in [0.717, 1.165) is 19.3 Å². The van der Waals surface area contributed by atoms with Crippen molar-refractivity contribution in [1.82, 2.24) is 0 Å². The van der Waals surface area contributed by atoms with Gasteiger partial charge in [-0.15, -0.1) is 0 Å². The van der Waals surface area contributed by atoms with E-state index < -0.39 is 15.4 Å². The molecule has 0 fully saturated rings. The molecule has 0 amide bonds. The van der Waals surface area contributed by atoms with Crippen LogP contribution in [-0.4, -0.2) is 30.5 Å². The highest BCUT2D eigenvalue weighted by molar-refractivity contribution is 7.86. The monoisotopic (exact) mass is 237 g/mol. The molecule has 5 nitrogen and oxygen atoms in total. The molecule has 0 aromatic rings. The van der Waals surface area contributed by atoms with E-state index in [-0.39, 0.29) is 18.7 Å². The third-order valence-electron chi connectivity index (χ3n) is 2.20. The fraction of sp³-hybridized carbons (Fsp3) is 0.889. The Labute approximate surface area is 90.8 Å². The van der Waals surface area contributed by atoms with Crippen LogP contribution in [0.3, 0.4) is 0 Å². The number of rotatable bonds is 8. The Balaban J connectivity index is 4.03. The quantitative estimate of drug-likeness (QED) is 0.479. The zero-order chi connectivity index (χ0) is 11.9. The Hall–Kier alpha value is -0.460. The van der Waals surface area contributed by atoms with Crippen LogP contribution in [0.5, 0.6) is 0 Å². The van der Waals surface area contributed by atoms with Crippen LogP contribution in [0.25, 0.3) is 0 Å². The fourth-order valence-corrected chi connectivity index (χ4v) is 1.88. The van der Waals surface area contributed by atoms with Crippen molar-refractivity contribution < 1.29 is 17.8 Å². The van der Waals surface area contributed by atoms with Crippen LogP contribution in [-0.2, 0) is 14.9 Å². The van der Waals surface area contributed by atoms with Gasteiger partial charge in [0.1, 0.15) is 11.0 Å². The molecule has 1 atom stereocenters. The van der Waals surface area contributed by atoms with Crippen LogP contribution in [0.2, 0.25) is 0 Å². The summed E-state index contributed by atoms with van der Waals surface area (Å²) in [7, 11) is -4.19. The highest BCUT2D eigenvalue weighted by Crippen LogP contribution is 2.08. The Kier molecular flexibility index (Phi) is 6.71. The van der Waals surface area contributed by atoms with E-state index in [1.54, 1.807) is 0 Å². The van der Waals surface area contributed by atoms with Gasteiger partial charge in [0.05, 0.1) is 0 Å². The second-order valence-electron chi connectivity index (χ2n) is 3.57. The van der Waals surface area contributed by atoms with Gasteiger partial charge in [0.25, 0.3) is 10.1 Å². The van der Waals surface area contributed by atoms with Crippen molar-refractivity contribution >= 4 is 15.9 Å². The summed E-state index contributed by atoms with van der Waals surface area (Å²) in [6, 6.07) is 0. The topological polar surface area (TPSA) is 97.5 Å². The van der Waals surface area contributed by atoms with Gasteiger partial charge < -0.3 is 5.73 Å². The molecule has 0 aromatic carbocycles. The highest BCUT2D eigenvalue weighted by Gasteiger charge is 2.23. The number of nitrogens with two attached hydrogens (primary N) is 1. The lowest BCUT2D eigenvalue weighted by Gasteiger charge is -2.09. The van der Waals surface area contributed by atoms with E-state index in [1.165, 1.54) is 0 Å². The highest BCUT2D eigenvalue weighted by atomic mass is 32.2. The first-order valence-electron chi connectivity index (χ1n) is 5.09. The normalized spacial score (nSPS) is 13.8. The van der Waals surface area contributed by atoms with Gasteiger partial charge in [0.2, 0.25) is 0 Å². The molecule has 0 bridgehead atoms. The maximum absolute atomic E-state index is 11.3. The van der Waals surface area contributed by atoms with Crippen molar-refractivity contribution in [2.75, 3.05) is 6.54 Å². The molecule has 0 aliphatic heterocycles. The molecule has 0 saturated carbocycles. The number of carbonyl (C=O) groups is 1. The Morgan fingerprint density at radius 2 is 2.00 bits per heavy atom. The van der Waals surface area contributed by atoms with Gasteiger partial charge in [-0.1, -0.05) is 19.8 Å². The van der Waals surface area contributed by atoms with E-state index in [2.05, 4.69) is 0 Å². The van der Waals surface area contributed by atoms with Crippen LogP contribution in [0.4, 0.5) is 0 Å². The first-order valence-corrected chi connectivity index (χ1v) is 6.60. The van der Waals surface area contributed by atoms with Gasteiger partial charge in [0.15, 0.2) is 0 Å². The molecule has 0 radical (unpaired) electrons. The Morgan fingerprint density at radius 3 is 2.40 bits per heavy atom. The summed E-state index contributed by atoms with van der Waals surface area (Å²) < 4.78 is 30.2. The van der Waals surface area contributed by atoms with Crippen LogP contribution in [0.15, 0.2) is 0 Å². The minimum absolute atomic E-state index is 0.156. The summed E-state index contributed by atoms with van der Waals surface area (Å²) in [5.74, 6) is -0.156. The molecule has 0 saturated heterocycles. The van der Waals surface area contributed by atoms with Crippen molar-refractivity contribution in [1.29, 1.82) is 0 Å². The average Bonchev–Trinajstić information content (AvgIpc) is 2.12. The first-order chi connectivity index (χ1) is 6.91. The molecular formula is C9H19NO4S. The Bertz CT molecular complexity index is 286. The molecular weight excluding hydrogens is 218 g/mol. The fourth-order valence-electron chi connectivity index (χ4n) is 1.24. The number of unbranched alkanes of at least 4 members (excludes halogenated alkanes) is 2. The SMILES string of the molecule is CCCCCC(=O)CC(CN)S(=O)(=O)O. The van der Waals surface area contributed by atoms with Gasteiger partial charge in [-0.2, -0.15) is 8.42 Å². The molecule has 3 N–H and O–H groups in total. The molecule has 6 heteroatoms. The van der Waals surface area contributed by atoms with Crippen LogP contribution >= 0.6 is 0 Å². The van der Waals surface area contributed by atoms with E-state index in [1.807, 2.05) is 6.92 Å². The van der Waals surface area contributed by atoms with Gasteiger partial charge in [-0.3, -0.25) is 9.35 Å². The largest absolute Gasteiger partial charge is 0.329 e. The van der Waals surface area contributed by atoms with E-state index in [0.29, 0.717) is 6.42 Å². The average molecular weight is 237 g/mol. The van der Waals surface area contributed by atoms with Crippen molar-refractivity contribution in [3.8, 4) is 0 Å². The summed E-state index contributed by atoms with van der Waals surface area (Å²) in [6.07, 6.45) is 2.90. The lowest BCUT2D eigenvalue weighted by atomic mass is 10.1. The molecule has 90 valence electrons. The number of hydrogen-bond acceptors (Lipinski definition) is 4. The summed E-state index contributed by atoms with van der Waals surface area (Å²) in [4.78, 5) is 11.3. The third kappa shape index (κ3) is 6.59. The number of Topliss-reactive ketones (excluding diaryl/α,β-unsaturated/α-hetero) is 1. The van der Waals surface area contributed by atoms with Gasteiger partial charge in [-0.05, 0) is 6.42 Å². The van der Waals surface area contributed by atoms with Gasteiger partial charge >= 0.3 is 0 Å². The molecule has 0 rings (SSSR count). The Morgan fingerprint density at radius 1 is 1.40 bits per heavy atom. The third-order valence-corrected chi connectivity index (χ3v) is 3.40. The smallest absolute Gasteiger partial charge is 0.269 e. The van der Waals surface area contributed by atoms with Crippen LogP contribution in [0, 0.1) is 0 Å². The molecule has 1 unspecified atom stereocenters. The molecule has 15 heavy (non-hydrogen) atoms. The zero-order valence-corrected chi connectivity index (χ0v) is 9.79. The van der Waals surface area contributed by atoms with Crippen molar-refractivity contribution in [2.24, 2.45) is 5.73 Å². The second kappa shape index (κ2) is 6.92. The van der Waals surface area contributed by atoms with Gasteiger partial charge in [0, 0.05) is 19.4 Å². The number of ketones is 1. The maximum Gasteiger partial charge on any atom is 0.269 e. The predicted molar refractivity (Wildman–Crippen MR) is 58.2 cm³/mol. The molecule has 0 aliphatic carbocycles. The summed E-state index contributed by atoms with van der Waals surface area (Å²) in [5, 5.41) is -1.15. The van der Waals surface area contributed by atoms with Crippen molar-refractivity contribution in [3.05, 3.63) is 0 Å². The standard InChI is InChI=1S/C9H19NO4S/c1-2-3-4-5-8(11)6-9(7-10)15(12,13)14/h9H,2-7,10H2,1H3,(H,12,13,14). The van der Waals surface area contributed by atoms with Gasteiger partial charge in [-0.25, -0.2) is 0 Å². The van der Waals surface area contributed by atoms with Crippen LogP contribution in [0.1, 0.15) is 39.0 Å². The molecule has 0 aliphatic rings. The van der Waals surface area contributed by atoms with E-state index in [4.69, 9.17) is 10.3 Å². The van der Waals surface area contributed by atoms with Crippen molar-refractivity contribution in [3.63, 3.8) is 0 Å². The maximum atomic E-state index is 11.3. The second-order valence-corrected chi connectivity index (χ2v) is 5.27. The number of hydrogen-bond donors (Lipinski definition) is 2. The van der Waals surface area contributed by atoms with E-state index >= 15 is 0 Å². The predicted octanol–water partition coefficient (Wildman–Crippen LogP) is 0.741. The summed E-state index contributed by atoms with van der Waals surface area (Å²) in [6.45, 7) is 1.80. The number of carbonyl (C=O) groups excluding carboxylic acids is 1. The lowest BCUT2D eigenvalue weighted by Crippen LogP contribution is -2.31. The van der Waals surface area contributed by atoms with Crippen LogP contribution < -0.4 is 5.73 Å². The molecule has 0 spiro atoms. The molecule has 0 heterocycles.